The van der Waals surface area contributed by atoms with E-state index in [-0.39, 0.29) is 18.1 Å². The Bertz CT molecular complexity index is 147. The molecule has 0 aromatic rings. The number of ether oxygens (including phenoxy) is 1. The van der Waals surface area contributed by atoms with Crippen molar-refractivity contribution >= 4 is 0 Å². The fourth-order valence-corrected chi connectivity index (χ4v) is 1.75. The number of hydrogen-bond donors (Lipinski definition) is 2. The van der Waals surface area contributed by atoms with Crippen LogP contribution in [0, 0.1) is 11.8 Å². The van der Waals surface area contributed by atoms with Gasteiger partial charge in [-0.25, -0.2) is 0 Å². The van der Waals surface area contributed by atoms with Crippen molar-refractivity contribution in [2.24, 2.45) is 17.6 Å². The number of aliphatic hydroxyl groups is 1. The summed E-state index contributed by atoms with van der Waals surface area (Å²) in [6, 6.07) is 0. The van der Waals surface area contributed by atoms with Gasteiger partial charge in [-0.05, 0) is 18.8 Å². The number of nitrogens with two attached hydrogens (primary N) is 1. The second-order valence-corrected chi connectivity index (χ2v) is 3.82. The molecule has 1 rings (SSSR count). The van der Waals surface area contributed by atoms with E-state index in [9.17, 15) is 5.11 Å². The molecule has 1 aliphatic heterocycles. The van der Waals surface area contributed by atoms with Gasteiger partial charge in [-0.15, -0.1) is 0 Å². The van der Waals surface area contributed by atoms with Crippen molar-refractivity contribution in [1.29, 1.82) is 0 Å². The van der Waals surface area contributed by atoms with Crippen LogP contribution >= 0.6 is 0 Å². The molecule has 1 fully saturated rings. The fourth-order valence-electron chi connectivity index (χ4n) is 1.75. The van der Waals surface area contributed by atoms with Crippen LogP contribution in [0.1, 0.15) is 20.8 Å². The Labute approximate surface area is 73.9 Å². The average molecular weight is 173 g/mol. The molecule has 0 radical (unpaired) electrons. The maximum atomic E-state index is 9.72. The molecular formula is C9H19NO2. The largest absolute Gasteiger partial charge is 0.390 e. The van der Waals surface area contributed by atoms with Crippen molar-refractivity contribution < 1.29 is 9.84 Å². The van der Waals surface area contributed by atoms with Gasteiger partial charge < -0.3 is 15.6 Å². The van der Waals surface area contributed by atoms with Gasteiger partial charge in [0.05, 0.1) is 18.3 Å². The minimum atomic E-state index is -0.402. The van der Waals surface area contributed by atoms with Crippen molar-refractivity contribution in [2.75, 3.05) is 6.54 Å². The lowest BCUT2D eigenvalue weighted by Gasteiger charge is -2.41. The summed E-state index contributed by atoms with van der Waals surface area (Å²) in [7, 11) is 0. The first kappa shape index (κ1) is 9.96. The summed E-state index contributed by atoms with van der Waals surface area (Å²) in [6.45, 7) is 6.60. The van der Waals surface area contributed by atoms with E-state index in [4.69, 9.17) is 10.5 Å². The van der Waals surface area contributed by atoms with Crippen LogP contribution in [0.5, 0.6) is 0 Å². The summed E-state index contributed by atoms with van der Waals surface area (Å²) >= 11 is 0. The third-order valence-electron chi connectivity index (χ3n) is 3.11. The molecule has 3 unspecified atom stereocenters. The van der Waals surface area contributed by atoms with Crippen LogP contribution in [0.2, 0.25) is 0 Å². The molecule has 0 bridgehead atoms. The molecule has 3 nitrogen and oxygen atoms in total. The first-order valence-electron chi connectivity index (χ1n) is 4.61. The molecule has 3 heteroatoms. The number of aliphatic hydroxyl groups excluding tert-OH is 1. The maximum absolute atomic E-state index is 9.72. The molecular weight excluding hydrogens is 154 g/mol. The molecule has 0 amide bonds. The highest BCUT2D eigenvalue weighted by Crippen LogP contribution is 2.29. The van der Waals surface area contributed by atoms with Crippen LogP contribution in [0.3, 0.4) is 0 Å². The molecule has 0 saturated carbocycles. The van der Waals surface area contributed by atoms with Gasteiger partial charge in [0.2, 0.25) is 0 Å². The van der Waals surface area contributed by atoms with E-state index >= 15 is 0 Å². The highest BCUT2D eigenvalue weighted by Gasteiger charge is 2.37. The predicted molar refractivity (Wildman–Crippen MR) is 47.7 cm³/mol. The summed E-state index contributed by atoms with van der Waals surface area (Å²) in [5.41, 5.74) is 5.48. The highest BCUT2D eigenvalue weighted by molar-refractivity contribution is 4.86. The highest BCUT2D eigenvalue weighted by atomic mass is 16.5. The van der Waals surface area contributed by atoms with Crippen molar-refractivity contribution in [3.05, 3.63) is 0 Å². The Kier molecular flexibility index (Phi) is 3.09. The van der Waals surface area contributed by atoms with Gasteiger partial charge in [0.25, 0.3) is 0 Å². The first-order chi connectivity index (χ1) is 5.57. The van der Waals surface area contributed by atoms with E-state index in [0.717, 1.165) is 0 Å². The third kappa shape index (κ3) is 1.63. The number of rotatable bonds is 1. The van der Waals surface area contributed by atoms with Gasteiger partial charge in [-0.1, -0.05) is 13.8 Å². The molecule has 72 valence electrons. The summed E-state index contributed by atoms with van der Waals surface area (Å²) in [5.74, 6) is 0.685. The van der Waals surface area contributed by atoms with Crippen molar-refractivity contribution in [3.8, 4) is 0 Å². The van der Waals surface area contributed by atoms with Gasteiger partial charge in [0.1, 0.15) is 0 Å². The smallest absolute Gasteiger partial charge is 0.0962 e. The normalized spacial score (nSPS) is 49.2. The molecule has 0 aromatic carbocycles. The van der Waals surface area contributed by atoms with Crippen LogP contribution < -0.4 is 5.73 Å². The van der Waals surface area contributed by atoms with Crippen LogP contribution in [0.25, 0.3) is 0 Å². The van der Waals surface area contributed by atoms with Crippen LogP contribution in [0.15, 0.2) is 0 Å². The summed E-state index contributed by atoms with van der Waals surface area (Å²) in [6.07, 6.45) is -0.371. The van der Waals surface area contributed by atoms with Crippen molar-refractivity contribution in [3.63, 3.8) is 0 Å². The SMILES string of the molecule is CC1C(C)[C@@H](C)OC(CN)[C@H]1O. The zero-order chi connectivity index (χ0) is 9.30. The lowest BCUT2D eigenvalue weighted by molar-refractivity contribution is -0.157. The number of hydrogen-bond acceptors (Lipinski definition) is 3. The summed E-state index contributed by atoms with van der Waals surface area (Å²) in [4.78, 5) is 0. The third-order valence-corrected chi connectivity index (χ3v) is 3.11. The topological polar surface area (TPSA) is 55.5 Å². The molecule has 3 N–H and O–H groups in total. The van der Waals surface area contributed by atoms with Crippen LogP contribution in [-0.4, -0.2) is 30.0 Å². The van der Waals surface area contributed by atoms with Crippen LogP contribution in [-0.2, 0) is 4.74 Å². The lowest BCUT2D eigenvalue weighted by Crippen LogP contribution is -2.51. The zero-order valence-corrected chi connectivity index (χ0v) is 8.03. The molecule has 1 aliphatic rings. The molecule has 12 heavy (non-hydrogen) atoms. The van der Waals surface area contributed by atoms with Crippen molar-refractivity contribution in [2.45, 2.75) is 39.1 Å². The van der Waals surface area contributed by atoms with Gasteiger partial charge in [-0.3, -0.25) is 0 Å². The molecule has 0 spiro atoms. The van der Waals surface area contributed by atoms with E-state index in [2.05, 4.69) is 13.8 Å². The predicted octanol–water partition coefficient (Wildman–Crippen LogP) is 0.366. The standard InChI is InChI=1S/C9H19NO2/c1-5-6(2)9(11)8(4-10)12-7(5)3/h5-9,11H,4,10H2,1-3H3/t5?,6?,7-,8?,9+/m1/s1. The van der Waals surface area contributed by atoms with E-state index in [0.29, 0.717) is 12.5 Å². The van der Waals surface area contributed by atoms with Gasteiger partial charge in [0.15, 0.2) is 0 Å². The monoisotopic (exact) mass is 173 g/mol. The quantitative estimate of drug-likeness (QED) is 0.602. The summed E-state index contributed by atoms with van der Waals surface area (Å²) < 4.78 is 5.56. The Morgan fingerprint density at radius 3 is 2.33 bits per heavy atom. The minimum absolute atomic E-state index is 0.175. The van der Waals surface area contributed by atoms with Gasteiger partial charge in [-0.2, -0.15) is 0 Å². The average Bonchev–Trinajstić information content (AvgIpc) is 2.08. The zero-order valence-electron chi connectivity index (χ0n) is 8.03. The minimum Gasteiger partial charge on any atom is -0.390 e. The molecule has 1 saturated heterocycles. The van der Waals surface area contributed by atoms with Gasteiger partial charge >= 0.3 is 0 Å². The second kappa shape index (κ2) is 3.73. The lowest BCUT2D eigenvalue weighted by atomic mass is 9.82. The Hall–Kier alpha value is -0.120. The molecule has 5 atom stereocenters. The Morgan fingerprint density at radius 2 is 1.83 bits per heavy atom. The van der Waals surface area contributed by atoms with E-state index in [1.54, 1.807) is 0 Å². The maximum Gasteiger partial charge on any atom is 0.0962 e. The first-order valence-corrected chi connectivity index (χ1v) is 4.61. The molecule has 0 aliphatic carbocycles. The Morgan fingerprint density at radius 1 is 1.25 bits per heavy atom. The van der Waals surface area contributed by atoms with Gasteiger partial charge in [0, 0.05) is 6.54 Å². The second-order valence-electron chi connectivity index (χ2n) is 3.82. The fraction of sp³-hybridized carbons (Fsp3) is 1.00. The van der Waals surface area contributed by atoms with Crippen molar-refractivity contribution in [1.82, 2.24) is 0 Å². The molecule has 0 aromatic heterocycles. The van der Waals surface area contributed by atoms with E-state index in [1.165, 1.54) is 0 Å². The Balaban J connectivity index is 2.63. The van der Waals surface area contributed by atoms with E-state index < -0.39 is 6.10 Å². The molecule has 1 heterocycles. The summed E-state index contributed by atoms with van der Waals surface area (Å²) in [5, 5.41) is 9.72. The van der Waals surface area contributed by atoms with Crippen LogP contribution in [0.4, 0.5) is 0 Å². The van der Waals surface area contributed by atoms with E-state index in [1.807, 2.05) is 6.92 Å².